The average Bonchev–Trinajstić information content (AvgIpc) is 3.32. The fraction of sp³-hybridized carbons (Fsp3) is 0.205. The lowest BCUT2D eigenvalue weighted by molar-refractivity contribution is 0.475. The first kappa shape index (κ1) is 23.5. The Balaban J connectivity index is 1.20. The lowest BCUT2D eigenvalue weighted by atomic mass is 9.54. The Hall–Kier alpha value is -4.41. The van der Waals surface area contributed by atoms with Gasteiger partial charge in [0, 0.05) is 5.92 Å². The summed E-state index contributed by atoms with van der Waals surface area (Å²) in [6.45, 7) is 0. The van der Waals surface area contributed by atoms with E-state index >= 15 is 0 Å². The molecule has 3 aromatic carbocycles. The van der Waals surface area contributed by atoms with E-state index in [2.05, 4.69) is 97.1 Å². The zero-order chi connectivity index (χ0) is 26.7. The molecule has 0 saturated heterocycles. The Bertz CT molecular complexity index is 1760. The molecule has 8 rings (SSSR count). The molecule has 0 aliphatic heterocycles. The Morgan fingerprint density at radius 2 is 1.60 bits per heavy atom. The van der Waals surface area contributed by atoms with Crippen LogP contribution in [0.15, 0.2) is 138 Å². The van der Waals surface area contributed by atoms with Crippen LogP contribution in [0.1, 0.15) is 60.3 Å². The lowest BCUT2D eigenvalue weighted by Crippen LogP contribution is -2.40. The van der Waals surface area contributed by atoms with Gasteiger partial charge in [0.15, 0.2) is 0 Å². The largest absolute Gasteiger partial charge is 0.192 e. The van der Waals surface area contributed by atoms with Crippen molar-refractivity contribution in [3.8, 4) is 17.2 Å². The van der Waals surface area contributed by atoms with Gasteiger partial charge in [-0.25, -0.2) is 0 Å². The van der Waals surface area contributed by atoms with E-state index in [1.54, 1.807) is 22.3 Å². The summed E-state index contributed by atoms with van der Waals surface area (Å²) in [4.78, 5) is 0. The molecule has 0 aromatic heterocycles. The molecule has 0 bridgehead atoms. The van der Waals surface area contributed by atoms with Crippen molar-refractivity contribution in [2.75, 3.05) is 0 Å². The maximum absolute atomic E-state index is 9.13. The fourth-order valence-corrected chi connectivity index (χ4v) is 8.12. The minimum atomic E-state index is -0.146. The number of allylic oxidation sites excluding steroid dienone is 12. The average molecular weight is 514 g/mol. The third-order valence-electron chi connectivity index (χ3n) is 9.86. The van der Waals surface area contributed by atoms with E-state index in [1.165, 1.54) is 27.8 Å². The van der Waals surface area contributed by atoms with Gasteiger partial charge in [0.2, 0.25) is 0 Å². The molecule has 0 amide bonds. The topological polar surface area (TPSA) is 23.8 Å². The Morgan fingerprint density at radius 1 is 0.800 bits per heavy atom. The van der Waals surface area contributed by atoms with Gasteiger partial charge in [-0.2, -0.15) is 5.26 Å². The van der Waals surface area contributed by atoms with E-state index in [9.17, 15) is 0 Å². The van der Waals surface area contributed by atoms with Crippen LogP contribution in [0, 0.1) is 17.2 Å². The zero-order valence-electron chi connectivity index (χ0n) is 22.6. The van der Waals surface area contributed by atoms with Crippen molar-refractivity contribution in [2.45, 2.75) is 43.4 Å². The molecular formula is C39H31N. The van der Waals surface area contributed by atoms with Crippen molar-refractivity contribution in [3.63, 3.8) is 0 Å². The fourth-order valence-electron chi connectivity index (χ4n) is 8.12. The smallest absolute Gasteiger partial charge is 0.0991 e. The molecule has 3 aromatic rings. The zero-order valence-corrected chi connectivity index (χ0v) is 22.6. The first-order chi connectivity index (χ1) is 19.8. The maximum atomic E-state index is 9.13. The third-order valence-corrected chi connectivity index (χ3v) is 9.86. The summed E-state index contributed by atoms with van der Waals surface area (Å²) in [5.74, 6) is 0.951. The summed E-state index contributed by atoms with van der Waals surface area (Å²) in [5, 5.41) is 9.13. The van der Waals surface area contributed by atoms with Crippen molar-refractivity contribution in [1.29, 1.82) is 5.26 Å². The highest BCUT2D eigenvalue weighted by molar-refractivity contribution is 5.89. The van der Waals surface area contributed by atoms with Gasteiger partial charge in [-0.15, -0.1) is 0 Å². The van der Waals surface area contributed by atoms with Gasteiger partial charge in [0.05, 0.1) is 17.0 Å². The van der Waals surface area contributed by atoms with Crippen LogP contribution in [0.5, 0.6) is 0 Å². The highest BCUT2D eigenvalue weighted by Crippen LogP contribution is 2.64. The molecule has 5 aliphatic carbocycles. The molecule has 5 aliphatic rings. The molecule has 1 nitrogen and oxygen atoms in total. The van der Waals surface area contributed by atoms with Crippen molar-refractivity contribution in [1.82, 2.24) is 0 Å². The first-order valence-electron chi connectivity index (χ1n) is 14.7. The minimum Gasteiger partial charge on any atom is -0.192 e. The molecule has 40 heavy (non-hydrogen) atoms. The number of hydrogen-bond donors (Lipinski definition) is 0. The summed E-state index contributed by atoms with van der Waals surface area (Å²) in [6, 6.07) is 28.4. The van der Waals surface area contributed by atoms with Crippen LogP contribution in [0.2, 0.25) is 0 Å². The molecule has 3 atom stereocenters. The molecule has 0 radical (unpaired) electrons. The van der Waals surface area contributed by atoms with Gasteiger partial charge in [0.25, 0.3) is 0 Å². The van der Waals surface area contributed by atoms with Crippen LogP contribution in [-0.2, 0) is 5.41 Å². The van der Waals surface area contributed by atoms with E-state index in [1.807, 2.05) is 24.3 Å². The second kappa shape index (κ2) is 9.07. The molecule has 1 heteroatoms. The van der Waals surface area contributed by atoms with E-state index in [-0.39, 0.29) is 5.41 Å². The quantitative estimate of drug-likeness (QED) is 0.335. The summed E-state index contributed by atoms with van der Waals surface area (Å²) in [7, 11) is 0. The van der Waals surface area contributed by atoms with Crippen LogP contribution in [0.4, 0.5) is 0 Å². The summed E-state index contributed by atoms with van der Waals surface area (Å²) >= 11 is 0. The number of fused-ring (bicyclic) bond motifs is 7. The standard InChI is InChI=1S/C39H31N/c40-25-26-13-15-27(16-14-26)28-17-19-29(20-18-28)30-21-22-36-32(23-30)24-31-7-1-4-10-35(31)39(36)37-11-5-2-8-33(37)34-9-3-6-12-38(34)39/h1-2,4-6,8,10-22,30-31H,3,7,9,23-24H2. The van der Waals surface area contributed by atoms with E-state index < -0.39 is 0 Å². The van der Waals surface area contributed by atoms with Crippen LogP contribution in [-0.4, -0.2) is 0 Å². The summed E-state index contributed by atoms with van der Waals surface area (Å²) < 4.78 is 0. The second-order valence-corrected chi connectivity index (χ2v) is 11.8. The van der Waals surface area contributed by atoms with Gasteiger partial charge >= 0.3 is 0 Å². The van der Waals surface area contributed by atoms with Gasteiger partial charge in [-0.1, -0.05) is 109 Å². The predicted octanol–water partition coefficient (Wildman–Crippen LogP) is 9.53. The van der Waals surface area contributed by atoms with Crippen LogP contribution in [0.25, 0.3) is 16.7 Å². The first-order valence-corrected chi connectivity index (χ1v) is 14.7. The lowest BCUT2D eigenvalue weighted by Gasteiger charge is -2.48. The van der Waals surface area contributed by atoms with Gasteiger partial charge in [-0.3, -0.25) is 0 Å². The Kier molecular flexibility index (Phi) is 5.32. The predicted molar refractivity (Wildman–Crippen MR) is 163 cm³/mol. The van der Waals surface area contributed by atoms with E-state index in [0.717, 1.165) is 37.7 Å². The van der Waals surface area contributed by atoms with Gasteiger partial charge in [0.1, 0.15) is 0 Å². The molecule has 0 heterocycles. The molecule has 1 spiro atoms. The molecular weight excluding hydrogens is 482 g/mol. The highest BCUT2D eigenvalue weighted by Gasteiger charge is 2.53. The molecule has 0 fully saturated rings. The molecule has 0 saturated carbocycles. The van der Waals surface area contributed by atoms with E-state index in [4.69, 9.17) is 5.26 Å². The van der Waals surface area contributed by atoms with Crippen molar-refractivity contribution < 1.29 is 0 Å². The molecule has 0 N–H and O–H groups in total. The molecule has 192 valence electrons. The third kappa shape index (κ3) is 3.32. The van der Waals surface area contributed by atoms with Crippen LogP contribution < -0.4 is 0 Å². The van der Waals surface area contributed by atoms with Gasteiger partial charge < -0.3 is 0 Å². The Morgan fingerprint density at radius 3 is 2.42 bits per heavy atom. The number of benzene rings is 3. The van der Waals surface area contributed by atoms with Crippen molar-refractivity contribution in [3.05, 3.63) is 160 Å². The van der Waals surface area contributed by atoms with Crippen LogP contribution in [0.3, 0.4) is 0 Å². The van der Waals surface area contributed by atoms with E-state index in [0.29, 0.717) is 17.4 Å². The van der Waals surface area contributed by atoms with Crippen molar-refractivity contribution in [2.24, 2.45) is 5.92 Å². The maximum Gasteiger partial charge on any atom is 0.0991 e. The number of nitrogens with zero attached hydrogens (tertiary/aromatic N) is 1. The molecule has 3 unspecified atom stereocenters. The normalized spacial score (nSPS) is 25.7. The highest BCUT2D eigenvalue weighted by atomic mass is 14.6. The minimum absolute atomic E-state index is 0.146. The SMILES string of the molecule is N#Cc1ccc(-c2ccc(C3C=CC4=C(CC5CC=CC=C5C45C4=C(CCC=C4)c4ccccc45)C3)cc2)cc1. The number of hydrogen-bond acceptors (Lipinski definition) is 1. The summed E-state index contributed by atoms with van der Waals surface area (Å²) in [6.07, 6.45) is 22.6. The Labute approximate surface area is 236 Å². The second-order valence-electron chi connectivity index (χ2n) is 11.8. The number of rotatable bonds is 2. The monoisotopic (exact) mass is 513 g/mol. The van der Waals surface area contributed by atoms with Crippen LogP contribution >= 0.6 is 0 Å². The van der Waals surface area contributed by atoms with Crippen molar-refractivity contribution >= 4 is 5.57 Å². The number of nitriles is 1. The summed E-state index contributed by atoms with van der Waals surface area (Å²) in [5.41, 5.74) is 15.1. The van der Waals surface area contributed by atoms with Gasteiger partial charge in [-0.05, 0) is 100 Å².